The Morgan fingerprint density at radius 1 is 2.00 bits per heavy atom. The molecule has 2 heteroatoms. The lowest BCUT2D eigenvalue weighted by molar-refractivity contribution is 0.542. The minimum atomic E-state index is -0.838. The lowest BCUT2D eigenvalue weighted by Gasteiger charge is -1.66. The Kier molecular flexibility index (Phi) is 2.29. The molecule has 0 saturated carbocycles. The molecule has 0 spiro atoms. The standard InChI is InChI=1S/C4H4FO/c1-2-4(5)3-6/h2H,1H3/b4-2+. The summed E-state index contributed by atoms with van der Waals surface area (Å²) in [6.45, 7) is 1.43. The Morgan fingerprint density at radius 3 is 2.50 bits per heavy atom. The van der Waals surface area contributed by atoms with Gasteiger partial charge in [-0.2, -0.15) is 0 Å². The first-order chi connectivity index (χ1) is 2.81. The lowest BCUT2D eigenvalue weighted by Crippen LogP contribution is -1.66. The van der Waals surface area contributed by atoms with Crippen LogP contribution in [-0.4, -0.2) is 6.29 Å². The van der Waals surface area contributed by atoms with Crippen molar-refractivity contribution in [3.05, 3.63) is 11.9 Å². The molecule has 0 aromatic carbocycles. The third-order valence-electron chi connectivity index (χ3n) is 0.351. The van der Waals surface area contributed by atoms with E-state index in [2.05, 4.69) is 0 Å². The topological polar surface area (TPSA) is 17.1 Å². The van der Waals surface area contributed by atoms with E-state index in [0.29, 0.717) is 0 Å². The predicted molar refractivity (Wildman–Crippen MR) is 20.6 cm³/mol. The van der Waals surface area contributed by atoms with Gasteiger partial charge in [0.05, 0.1) is 0 Å². The Morgan fingerprint density at radius 2 is 2.50 bits per heavy atom. The second kappa shape index (κ2) is 2.57. The number of hydrogen-bond donors (Lipinski definition) is 0. The van der Waals surface area contributed by atoms with E-state index in [9.17, 15) is 4.39 Å². The number of hydrogen-bond acceptors (Lipinski definition) is 1. The Bertz CT molecular complexity index is 75.6. The van der Waals surface area contributed by atoms with E-state index >= 15 is 0 Å². The summed E-state index contributed by atoms with van der Waals surface area (Å²) in [6, 6.07) is 0. The van der Waals surface area contributed by atoms with Crippen molar-refractivity contribution in [3.63, 3.8) is 0 Å². The van der Waals surface area contributed by atoms with Gasteiger partial charge in [-0.3, -0.25) is 4.79 Å². The van der Waals surface area contributed by atoms with E-state index in [-0.39, 0.29) is 0 Å². The van der Waals surface area contributed by atoms with Crippen molar-refractivity contribution >= 4 is 6.29 Å². The van der Waals surface area contributed by atoms with Crippen LogP contribution in [0.4, 0.5) is 4.39 Å². The number of carbonyl (C=O) groups excluding carboxylic acids is 1. The molecule has 6 heavy (non-hydrogen) atoms. The first-order valence-corrected chi connectivity index (χ1v) is 1.51. The second-order valence-electron chi connectivity index (χ2n) is 0.739. The fraction of sp³-hybridized carbons (Fsp3) is 0.250. The highest BCUT2D eigenvalue weighted by Gasteiger charge is 1.81. The quantitative estimate of drug-likeness (QED) is 0.435. The molecule has 33 valence electrons. The van der Waals surface area contributed by atoms with E-state index in [0.717, 1.165) is 12.4 Å². The molecule has 0 aliphatic rings. The largest absolute Gasteiger partial charge is 0.282 e. The Hall–Kier alpha value is -0.660. The van der Waals surface area contributed by atoms with Gasteiger partial charge in [0.15, 0.2) is 5.83 Å². The fourth-order valence-corrected chi connectivity index (χ4v) is 0.0589. The van der Waals surface area contributed by atoms with Gasteiger partial charge in [0.2, 0.25) is 0 Å². The van der Waals surface area contributed by atoms with Crippen molar-refractivity contribution < 1.29 is 9.18 Å². The van der Waals surface area contributed by atoms with Gasteiger partial charge in [0.1, 0.15) is 0 Å². The SMILES string of the molecule is C/C=C(/F)[C]=O. The molecule has 0 unspecified atom stereocenters. The van der Waals surface area contributed by atoms with Crippen LogP contribution in [0.2, 0.25) is 0 Å². The average Bonchev–Trinajstić information content (AvgIpc) is 1.65. The van der Waals surface area contributed by atoms with Gasteiger partial charge in [-0.15, -0.1) is 0 Å². The van der Waals surface area contributed by atoms with Crippen molar-refractivity contribution in [2.24, 2.45) is 0 Å². The maximum absolute atomic E-state index is 11.3. The van der Waals surface area contributed by atoms with Gasteiger partial charge in [-0.25, -0.2) is 4.39 Å². The molecule has 0 heterocycles. The van der Waals surface area contributed by atoms with Crippen LogP contribution in [0.1, 0.15) is 6.92 Å². The normalized spacial score (nSPS) is 11.3. The summed E-state index contributed by atoms with van der Waals surface area (Å²) < 4.78 is 11.3. The van der Waals surface area contributed by atoms with Crippen LogP contribution < -0.4 is 0 Å². The van der Waals surface area contributed by atoms with Crippen molar-refractivity contribution in [1.29, 1.82) is 0 Å². The zero-order valence-corrected chi connectivity index (χ0v) is 3.36. The summed E-state index contributed by atoms with van der Waals surface area (Å²) in [7, 11) is 0. The van der Waals surface area contributed by atoms with Gasteiger partial charge in [-0.1, -0.05) is 0 Å². The summed E-state index contributed by atoms with van der Waals surface area (Å²) in [5, 5.41) is 0. The maximum atomic E-state index is 11.3. The molecule has 0 aliphatic carbocycles. The summed E-state index contributed by atoms with van der Waals surface area (Å²) in [6.07, 6.45) is 2.11. The molecule has 0 saturated heterocycles. The van der Waals surface area contributed by atoms with Gasteiger partial charge >= 0.3 is 0 Å². The molecule has 1 nitrogen and oxygen atoms in total. The van der Waals surface area contributed by atoms with Crippen molar-refractivity contribution in [3.8, 4) is 0 Å². The molecule has 0 aromatic rings. The highest BCUT2D eigenvalue weighted by molar-refractivity contribution is 5.70. The van der Waals surface area contributed by atoms with E-state index < -0.39 is 5.83 Å². The molecule has 0 rings (SSSR count). The first-order valence-electron chi connectivity index (χ1n) is 1.51. The smallest absolute Gasteiger partial charge is 0.263 e. The Balaban J connectivity index is 3.50. The summed E-state index contributed by atoms with van der Waals surface area (Å²) in [5.41, 5.74) is 0. The Labute approximate surface area is 35.5 Å². The van der Waals surface area contributed by atoms with Crippen LogP contribution in [0.5, 0.6) is 0 Å². The van der Waals surface area contributed by atoms with E-state index in [1.807, 2.05) is 0 Å². The van der Waals surface area contributed by atoms with Crippen molar-refractivity contribution in [2.45, 2.75) is 6.92 Å². The summed E-state index contributed by atoms with van der Waals surface area (Å²) >= 11 is 0. The average molecular weight is 87.1 g/mol. The van der Waals surface area contributed by atoms with Crippen molar-refractivity contribution in [2.75, 3.05) is 0 Å². The summed E-state index contributed by atoms with van der Waals surface area (Å²) in [4.78, 5) is 9.17. The molecule has 1 radical (unpaired) electrons. The third-order valence-corrected chi connectivity index (χ3v) is 0.351. The monoisotopic (exact) mass is 87.0 g/mol. The van der Waals surface area contributed by atoms with E-state index in [1.165, 1.54) is 6.92 Å². The zero-order chi connectivity index (χ0) is 4.99. The molecule has 0 fully saturated rings. The van der Waals surface area contributed by atoms with Crippen molar-refractivity contribution in [1.82, 2.24) is 0 Å². The lowest BCUT2D eigenvalue weighted by atomic mass is 10.5. The van der Waals surface area contributed by atoms with Crippen LogP contribution in [0.3, 0.4) is 0 Å². The fourth-order valence-electron chi connectivity index (χ4n) is 0.0589. The van der Waals surface area contributed by atoms with Gasteiger partial charge in [0, 0.05) is 0 Å². The predicted octanol–water partition coefficient (Wildman–Crippen LogP) is 0.969. The molecule has 0 aromatic heterocycles. The molecule has 0 aliphatic heterocycles. The van der Waals surface area contributed by atoms with E-state index in [1.54, 1.807) is 0 Å². The number of allylic oxidation sites excluding steroid dienone is 2. The molecule has 0 atom stereocenters. The zero-order valence-electron chi connectivity index (χ0n) is 3.36. The van der Waals surface area contributed by atoms with Crippen LogP contribution in [0.25, 0.3) is 0 Å². The summed E-state index contributed by atoms with van der Waals surface area (Å²) in [5.74, 6) is -0.838. The molecular weight excluding hydrogens is 83.0 g/mol. The van der Waals surface area contributed by atoms with E-state index in [4.69, 9.17) is 4.79 Å². The van der Waals surface area contributed by atoms with Gasteiger partial charge in [-0.05, 0) is 13.0 Å². The molecular formula is C4H4FO. The van der Waals surface area contributed by atoms with Crippen LogP contribution >= 0.6 is 0 Å². The third kappa shape index (κ3) is 1.64. The molecule has 0 amide bonds. The second-order valence-corrected chi connectivity index (χ2v) is 0.739. The molecule has 0 N–H and O–H groups in total. The number of halogens is 1. The highest BCUT2D eigenvalue weighted by atomic mass is 19.1. The minimum Gasteiger partial charge on any atom is -0.282 e. The van der Waals surface area contributed by atoms with Crippen LogP contribution in [0, 0.1) is 0 Å². The van der Waals surface area contributed by atoms with Crippen LogP contribution in [-0.2, 0) is 4.79 Å². The van der Waals surface area contributed by atoms with Gasteiger partial charge in [0.25, 0.3) is 6.29 Å². The maximum Gasteiger partial charge on any atom is 0.263 e. The first kappa shape index (κ1) is 5.34. The van der Waals surface area contributed by atoms with Gasteiger partial charge < -0.3 is 0 Å². The molecule has 0 bridgehead atoms. The number of rotatable bonds is 1. The van der Waals surface area contributed by atoms with Crippen LogP contribution in [0.15, 0.2) is 11.9 Å². The highest BCUT2D eigenvalue weighted by Crippen LogP contribution is 1.85. The minimum absolute atomic E-state index is 0.838.